The first-order chi connectivity index (χ1) is 13.1. The summed E-state index contributed by atoms with van der Waals surface area (Å²) in [6, 6.07) is 0. The zero-order valence-corrected chi connectivity index (χ0v) is 16.7. The summed E-state index contributed by atoms with van der Waals surface area (Å²) in [7, 11) is 1.31. The van der Waals surface area contributed by atoms with Gasteiger partial charge in [0.15, 0.2) is 0 Å². The van der Waals surface area contributed by atoms with Crippen molar-refractivity contribution in [2.24, 2.45) is 17.8 Å². The van der Waals surface area contributed by atoms with Crippen LogP contribution in [0.25, 0.3) is 0 Å². The number of aliphatic hydroxyl groups is 1. The molecule has 4 atom stereocenters. The van der Waals surface area contributed by atoms with E-state index in [1.165, 1.54) is 51.9 Å². The first-order valence-electron chi connectivity index (χ1n) is 10.4. The topological polar surface area (TPSA) is 82.1 Å². The summed E-state index contributed by atoms with van der Waals surface area (Å²) in [5.74, 6) is -1.87. The second kappa shape index (κ2) is 11.3. The maximum atomic E-state index is 12.5. The first-order valence-corrected chi connectivity index (χ1v) is 10.4. The normalized spacial score (nSPS) is 26.7. The molecule has 0 aromatic rings. The molecule has 2 rings (SSSR count). The summed E-state index contributed by atoms with van der Waals surface area (Å²) in [6.07, 6.45) is 10.9. The van der Waals surface area contributed by atoms with Gasteiger partial charge in [0.05, 0.1) is 31.5 Å². The molecule has 0 aromatic heterocycles. The Morgan fingerprint density at radius 2 is 1.78 bits per heavy atom. The highest BCUT2D eigenvalue weighted by Crippen LogP contribution is 2.46. The molecule has 0 saturated heterocycles. The quantitative estimate of drug-likeness (QED) is 0.433. The van der Waals surface area contributed by atoms with Gasteiger partial charge in [0.2, 0.25) is 6.29 Å². The second-order valence-corrected chi connectivity index (χ2v) is 7.60. The highest BCUT2D eigenvalue weighted by molar-refractivity contribution is 5.89. The average molecular weight is 382 g/mol. The monoisotopic (exact) mass is 382 g/mol. The molecule has 0 amide bonds. The van der Waals surface area contributed by atoms with Gasteiger partial charge in [-0.25, -0.2) is 4.79 Å². The van der Waals surface area contributed by atoms with Gasteiger partial charge in [-0.1, -0.05) is 51.9 Å². The molecule has 0 radical (unpaired) electrons. The maximum Gasteiger partial charge on any atom is 0.337 e. The number of fused-ring (bicyclic) bond motifs is 1. The molecule has 1 N–H and O–H groups in total. The molecule has 1 fully saturated rings. The van der Waals surface area contributed by atoms with Crippen LogP contribution in [0, 0.1) is 17.8 Å². The van der Waals surface area contributed by atoms with Crippen molar-refractivity contribution >= 4 is 11.9 Å². The van der Waals surface area contributed by atoms with Gasteiger partial charge in [0.1, 0.15) is 0 Å². The number of methoxy groups -OCH3 is 1. The second-order valence-electron chi connectivity index (χ2n) is 7.60. The van der Waals surface area contributed by atoms with Crippen molar-refractivity contribution in [1.82, 2.24) is 0 Å². The van der Waals surface area contributed by atoms with Gasteiger partial charge in [-0.2, -0.15) is 0 Å². The molecule has 6 heteroatoms. The summed E-state index contributed by atoms with van der Waals surface area (Å²) >= 11 is 0. The van der Waals surface area contributed by atoms with E-state index in [0.29, 0.717) is 25.0 Å². The Morgan fingerprint density at radius 1 is 1.11 bits per heavy atom. The van der Waals surface area contributed by atoms with Crippen LogP contribution in [0.4, 0.5) is 0 Å². The largest absolute Gasteiger partial charge is 0.472 e. The molecule has 1 aliphatic carbocycles. The van der Waals surface area contributed by atoms with Gasteiger partial charge in [-0.15, -0.1) is 0 Å². The fourth-order valence-electron chi connectivity index (χ4n) is 4.21. The predicted molar refractivity (Wildman–Crippen MR) is 100 cm³/mol. The number of carbonyl (C=O) groups is 2. The highest BCUT2D eigenvalue weighted by Gasteiger charge is 2.50. The summed E-state index contributed by atoms with van der Waals surface area (Å²) in [5.41, 5.74) is 0.395. The number of unbranched alkanes of at least 4 members (excludes halogenated alkanes) is 7. The minimum atomic E-state index is -1.09. The van der Waals surface area contributed by atoms with Crippen molar-refractivity contribution in [3.05, 3.63) is 11.8 Å². The molecule has 154 valence electrons. The van der Waals surface area contributed by atoms with Crippen molar-refractivity contribution in [3.8, 4) is 0 Å². The molecule has 0 spiro atoms. The Morgan fingerprint density at radius 3 is 2.44 bits per heavy atom. The zero-order valence-electron chi connectivity index (χ0n) is 16.7. The van der Waals surface area contributed by atoms with E-state index in [1.54, 1.807) is 0 Å². The van der Waals surface area contributed by atoms with Gasteiger partial charge in [-0.3, -0.25) is 4.79 Å². The predicted octanol–water partition coefficient (Wildman–Crippen LogP) is 3.72. The van der Waals surface area contributed by atoms with Crippen LogP contribution in [0.15, 0.2) is 11.8 Å². The van der Waals surface area contributed by atoms with Gasteiger partial charge in [0, 0.05) is 11.8 Å². The van der Waals surface area contributed by atoms with Crippen LogP contribution in [0.1, 0.15) is 71.1 Å². The van der Waals surface area contributed by atoms with Crippen molar-refractivity contribution < 1.29 is 28.9 Å². The van der Waals surface area contributed by atoms with Crippen molar-refractivity contribution in [3.63, 3.8) is 0 Å². The van der Waals surface area contributed by atoms with Gasteiger partial charge in [0.25, 0.3) is 0 Å². The lowest BCUT2D eigenvalue weighted by molar-refractivity contribution is -0.165. The van der Waals surface area contributed by atoms with Crippen LogP contribution in [-0.2, 0) is 23.8 Å². The summed E-state index contributed by atoms with van der Waals surface area (Å²) < 4.78 is 15.4. The van der Waals surface area contributed by atoms with Gasteiger partial charge < -0.3 is 19.3 Å². The van der Waals surface area contributed by atoms with Crippen LogP contribution in [0.2, 0.25) is 0 Å². The van der Waals surface area contributed by atoms with Crippen LogP contribution in [0.5, 0.6) is 0 Å². The van der Waals surface area contributed by atoms with Crippen LogP contribution in [-0.4, -0.2) is 37.1 Å². The molecule has 1 heterocycles. The molecule has 4 unspecified atom stereocenters. The molecule has 0 bridgehead atoms. The van der Waals surface area contributed by atoms with E-state index in [-0.39, 0.29) is 11.9 Å². The lowest BCUT2D eigenvalue weighted by Gasteiger charge is -2.32. The van der Waals surface area contributed by atoms with E-state index in [9.17, 15) is 14.7 Å². The number of ether oxygens (including phenoxy) is 3. The molecule has 1 aliphatic heterocycles. The van der Waals surface area contributed by atoms with Crippen LogP contribution < -0.4 is 0 Å². The van der Waals surface area contributed by atoms with Crippen molar-refractivity contribution in [2.45, 2.75) is 77.4 Å². The highest BCUT2D eigenvalue weighted by atomic mass is 16.6. The number of rotatable bonds is 11. The Hall–Kier alpha value is -1.56. The van der Waals surface area contributed by atoms with E-state index >= 15 is 0 Å². The Balaban J connectivity index is 1.71. The molecular weight excluding hydrogens is 348 g/mol. The van der Waals surface area contributed by atoms with E-state index in [1.807, 2.05) is 0 Å². The molecule has 2 aliphatic rings. The molecular formula is C21H34O6. The maximum absolute atomic E-state index is 12.5. The molecule has 27 heavy (non-hydrogen) atoms. The van der Waals surface area contributed by atoms with Gasteiger partial charge in [-0.05, 0) is 19.3 Å². The Bertz CT molecular complexity index is 515. The number of esters is 2. The SMILES string of the molecule is CCCCCCCCCCOC(=O)C1CCC2C(C(=O)OC)=COC(O)C12. The summed E-state index contributed by atoms with van der Waals surface area (Å²) in [6.45, 7) is 2.63. The van der Waals surface area contributed by atoms with Crippen molar-refractivity contribution in [2.75, 3.05) is 13.7 Å². The van der Waals surface area contributed by atoms with Crippen LogP contribution >= 0.6 is 0 Å². The van der Waals surface area contributed by atoms with E-state index < -0.39 is 24.1 Å². The zero-order chi connectivity index (χ0) is 19.6. The van der Waals surface area contributed by atoms with E-state index in [2.05, 4.69) is 6.92 Å². The molecule has 6 nitrogen and oxygen atoms in total. The number of hydrogen-bond donors (Lipinski definition) is 1. The number of carbonyl (C=O) groups excluding carboxylic acids is 2. The fraction of sp³-hybridized carbons (Fsp3) is 0.810. The van der Waals surface area contributed by atoms with Crippen molar-refractivity contribution in [1.29, 1.82) is 0 Å². The minimum Gasteiger partial charge on any atom is -0.472 e. The van der Waals surface area contributed by atoms with Gasteiger partial charge >= 0.3 is 11.9 Å². The minimum absolute atomic E-state index is 0.220. The number of aliphatic hydroxyl groups excluding tert-OH is 1. The Kier molecular flexibility index (Phi) is 9.11. The lowest BCUT2D eigenvalue weighted by Crippen LogP contribution is -2.39. The lowest BCUT2D eigenvalue weighted by atomic mass is 9.83. The summed E-state index contributed by atoms with van der Waals surface area (Å²) in [4.78, 5) is 24.4. The van der Waals surface area contributed by atoms with E-state index in [0.717, 1.165) is 12.8 Å². The third kappa shape index (κ3) is 5.96. The standard InChI is InChI=1S/C21H34O6/c1-3-4-5-6-7-8-9-10-13-26-20(23)16-12-11-15-17(19(22)25-2)14-27-21(24)18(15)16/h14-16,18,21,24H,3-13H2,1-2H3. The third-order valence-electron chi connectivity index (χ3n) is 5.75. The smallest absolute Gasteiger partial charge is 0.337 e. The van der Waals surface area contributed by atoms with Crippen LogP contribution in [0.3, 0.4) is 0 Å². The molecule has 0 aromatic carbocycles. The third-order valence-corrected chi connectivity index (χ3v) is 5.75. The average Bonchev–Trinajstić information content (AvgIpc) is 3.12. The molecule has 1 saturated carbocycles. The number of hydrogen-bond acceptors (Lipinski definition) is 6. The summed E-state index contributed by atoms with van der Waals surface area (Å²) in [5, 5.41) is 10.2. The fourth-order valence-corrected chi connectivity index (χ4v) is 4.21. The first kappa shape index (κ1) is 21.7. The van der Waals surface area contributed by atoms with E-state index in [4.69, 9.17) is 14.2 Å². The Labute approximate surface area is 162 Å².